The lowest BCUT2D eigenvalue weighted by atomic mass is 9.82. The van der Waals surface area contributed by atoms with Crippen molar-refractivity contribution in [1.82, 2.24) is 15.0 Å². The van der Waals surface area contributed by atoms with Crippen molar-refractivity contribution in [2.45, 2.75) is 44.9 Å². The summed E-state index contributed by atoms with van der Waals surface area (Å²) in [6.07, 6.45) is 14.9. The summed E-state index contributed by atoms with van der Waals surface area (Å²) in [5.41, 5.74) is 12.8. The number of aromatic nitrogens is 3. The van der Waals surface area contributed by atoms with Crippen LogP contribution in [-0.4, -0.2) is 15.0 Å². The number of para-hydroxylation sites is 1. The monoisotopic (exact) mass is 595 g/mol. The molecule has 0 N–H and O–H groups in total. The van der Waals surface area contributed by atoms with E-state index in [0.717, 1.165) is 76.4 Å². The van der Waals surface area contributed by atoms with Crippen molar-refractivity contribution in [3.63, 3.8) is 0 Å². The molecule has 46 heavy (non-hydrogen) atoms. The van der Waals surface area contributed by atoms with Crippen LogP contribution >= 0.6 is 0 Å². The fraction of sp³-hybridized carbons (Fsp3) is 0.167. The molecule has 6 aromatic rings. The van der Waals surface area contributed by atoms with Crippen LogP contribution in [0.15, 0.2) is 120 Å². The number of hydrogen-bond acceptors (Lipinski definition) is 4. The molecule has 0 atom stereocenters. The first kappa shape index (κ1) is 27.0. The highest BCUT2D eigenvalue weighted by atomic mass is 16.3. The van der Waals surface area contributed by atoms with Crippen LogP contribution in [0.5, 0.6) is 0 Å². The Bertz CT molecular complexity index is 2330. The van der Waals surface area contributed by atoms with Crippen LogP contribution < -0.4 is 0 Å². The number of rotatable bonds is 4. The molecule has 0 radical (unpaired) electrons. The van der Waals surface area contributed by atoms with E-state index in [9.17, 15) is 0 Å². The Morgan fingerprint density at radius 3 is 2.24 bits per heavy atom. The molecule has 0 spiro atoms. The Balaban J connectivity index is 1.14. The van der Waals surface area contributed by atoms with Gasteiger partial charge in [-0.05, 0) is 101 Å². The lowest BCUT2D eigenvalue weighted by Gasteiger charge is -2.21. The third-order valence-electron chi connectivity index (χ3n) is 9.87. The Morgan fingerprint density at radius 2 is 1.39 bits per heavy atom. The maximum Gasteiger partial charge on any atom is 0.164 e. The van der Waals surface area contributed by atoms with E-state index in [1.54, 1.807) is 0 Å². The van der Waals surface area contributed by atoms with E-state index >= 15 is 0 Å². The standard InChI is InChI=1S/C42H33N3O/c1-42(2)35-21-20-29(23-32(35)33-24-34-31-18-9-10-19-37(31)46-38(34)25-36(33)42)28-16-11-17-30(22-28)41-44-39(26-12-5-3-6-13-26)43-40(45-41)27-14-7-4-8-15-27/h3-7,9-10,12-14,16,18-25H,8,11,15,17H2,1-2H3. The zero-order chi connectivity index (χ0) is 30.8. The molecule has 222 valence electrons. The second kappa shape index (κ2) is 10.3. The number of benzene rings is 4. The molecule has 0 amide bonds. The van der Waals surface area contributed by atoms with E-state index in [2.05, 4.69) is 105 Å². The van der Waals surface area contributed by atoms with Gasteiger partial charge in [-0.25, -0.2) is 15.0 Å². The second-order valence-corrected chi connectivity index (χ2v) is 13.1. The lowest BCUT2D eigenvalue weighted by Crippen LogP contribution is -2.14. The van der Waals surface area contributed by atoms with E-state index in [1.165, 1.54) is 38.8 Å². The molecule has 0 unspecified atom stereocenters. The van der Waals surface area contributed by atoms with Crippen molar-refractivity contribution in [2.75, 3.05) is 0 Å². The maximum absolute atomic E-state index is 6.29. The zero-order valence-corrected chi connectivity index (χ0v) is 26.0. The highest BCUT2D eigenvalue weighted by Gasteiger charge is 2.36. The minimum atomic E-state index is -0.115. The predicted molar refractivity (Wildman–Crippen MR) is 188 cm³/mol. The van der Waals surface area contributed by atoms with Crippen LogP contribution in [0.3, 0.4) is 0 Å². The third-order valence-corrected chi connectivity index (χ3v) is 9.87. The highest BCUT2D eigenvalue weighted by Crippen LogP contribution is 2.51. The molecular formula is C42H33N3O. The highest BCUT2D eigenvalue weighted by molar-refractivity contribution is 6.08. The van der Waals surface area contributed by atoms with Crippen LogP contribution in [0.1, 0.15) is 67.9 Å². The van der Waals surface area contributed by atoms with E-state index in [-0.39, 0.29) is 5.41 Å². The SMILES string of the molecule is CC1(C)c2ccc(C3=CCCC(c4nc(C5=CC=CCC5)nc(-c5ccccc5)n4)=C3)cc2-c2cc3c(cc21)oc1ccccc13. The number of furan rings is 1. The van der Waals surface area contributed by atoms with Gasteiger partial charge in [0.25, 0.3) is 0 Å². The molecule has 0 bridgehead atoms. The maximum atomic E-state index is 6.29. The van der Waals surface area contributed by atoms with Gasteiger partial charge in [0, 0.05) is 21.8 Å². The van der Waals surface area contributed by atoms with Crippen molar-refractivity contribution < 1.29 is 4.42 Å². The summed E-state index contributed by atoms with van der Waals surface area (Å²) in [6, 6.07) is 30.2. The smallest absolute Gasteiger partial charge is 0.164 e. The molecular weight excluding hydrogens is 562 g/mol. The third kappa shape index (κ3) is 4.32. The summed E-state index contributed by atoms with van der Waals surface area (Å²) in [6.45, 7) is 4.65. The molecule has 4 nitrogen and oxygen atoms in total. The minimum Gasteiger partial charge on any atom is -0.456 e. The van der Waals surface area contributed by atoms with Gasteiger partial charge in [0.05, 0.1) is 0 Å². The lowest BCUT2D eigenvalue weighted by molar-refractivity contribution is 0.647. The first-order chi connectivity index (χ1) is 22.5. The largest absolute Gasteiger partial charge is 0.456 e. The first-order valence-electron chi connectivity index (χ1n) is 16.2. The summed E-state index contributed by atoms with van der Waals surface area (Å²) in [5.74, 6) is 2.27. The van der Waals surface area contributed by atoms with Crippen LogP contribution in [0.4, 0.5) is 0 Å². The summed E-state index contributed by atoms with van der Waals surface area (Å²) in [5, 5.41) is 2.34. The number of allylic oxidation sites excluding steroid dienone is 8. The van der Waals surface area contributed by atoms with Crippen molar-refractivity contribution >= 4 is 38.7 Å². The molecule has 4 aromatic carbocycles. The fourth-order valence-electron chi connectivity index (χ4n) is 7.40. The van der Waals surface area contributed by atoms with Gasteiger partial charge < -0.3 is 4.42 Å². The molecule has 0 fully saturated rings. The van der Waals surface area contributed by atoms with Crippen molar-refractivity contribution in [1.29, 1.82) is 0 Å². The number of hydrogen-bond donors (Lipinski definition) is 0. The summed E-state index contributed by atoms with van der Waals surface area (Å²) >= 11 is 0. The first-order valence-corrected chi connectivity index (χ1v) is 16.2. The Hall–Kier alpha value is -5.35. The molecule has 4 heteroatoms. The van der Waals surface area contributed by atoms with Crippen LogP contribution in [0.2, 0.25) is 0 Å². The average Bonchev–Trinajstić information content (AvgIpc) is 3.59. The fourth-order valence-corrected chi connectivity index (χ4v) is 7.40. The molecule has 0 saturated heterocycles. The van der Waals surface area contributed by atoms with Gasteiger partial charge in [0.15, 0.2) is 17.5 Å². The van der Waals surface area contributed by atoms with Gasteiger partial charge in [0.2, 0.25) is 0 Å². The zero-order valence-electron chi connectivity index (χ0n) is 26.0. The molecule has 3 aliphatic carbocycles. The average molecular weight is 596 g/mol. The van der Waals surface area contributed by atoms with Crippen molar-refractivity contribution in [2.24, 2.45) is 0 Å². The van der Waals surface area contributed by atoms with Crippen molar-refractivity contribution in [3.8, 4) is 22.5 Å². The van der Waals surface area contributed by atoms with Crippen molar-refractivity contribution in [3.05, 3.63) is 144 Å². The Labute approximate surface area is 268 Å². The molecule has 3 aliphatic rings. The van der Waals surface area contributed by atoms with Gasteiger partial charge in [0.1, 0.15) is 11.2 Å². The molecule has 0 aliphatic heterocycles. The molecule has 0 saturated carbocycles. The topological polar surface area (TPSA) is 51.8 Å². The minimum absolute atomic E-state index is 0.115. The van der Waals surface area contributed by atoms with E-state index in [0.29, 0.717) is 0 Å². The van der Waals surface area contributed by atoms with Crippen LogP contribution in [0.25, 0.3) is 61.2 Å². The van der Waals surface area contributed by atoms with E-state index in [1.807, 2.05) is 24.3 Å². The quantitative estimate of drug-likeness (QED) is 0.203. The van der Waals surface area contributed by atoms with Gasteiger partial charge in [-0.15, -0.1) is 0 Å². The summed E-state index contributed by atoms with van der Waals surface area (Å²) in [7, 11) is 0. The van der Waals surface area contributed by atoms with Crippen LogP contribution in [0, 0.1) is 0 Å². The Morgan fingerprint density at radius 1 is 0.630 bits per heavy atom. The van der Waals surface area contributed by atoms with Gasteiger partial charge >= 0.3 is 0 Å². The van der Waals surface area contributed by atoms with E-state index < -0.39 is 0 Å². The summed E-state index contributed by atoms with van der Waals surface area (Å²) < 4.78 is 6.29. The van der Waals surface area contributed by atoms with Gasteiger partial charge in [-0.2, -0.15) is 0 Å². The van der Waals surface area contributed by atoms with Gasteiger partial charge in [-0.1, -0.05) is 98.8 Å². The predicted octanol–water partition coefficient (Wildman–Crippen LogP) is 10.7. The van der Waals surface area contributed by atoms with Crippen LogP contribution in [-0.2, 0) is 5.41 Å². The number of nitrogens with zero attached hydrogens (tertiary/aromatic N) is 3. The Kier molecular flexibility index (Phi) is 6.08. The second-order valence-electron chi connectivity index (χ2n) is 13.1. The molecule has 9 rings (SSSR count). The number of fused-ring (bicyclic) bond motifs is 6. The normalized spacial score (nSPS) is 16.6. The molecule has 2 heterocycles. The molecule has 2 aromatic heterocycles. The summed E-state index contributed by atoms with van der Waals surface area (Å²) in [4.78, 5) is 15.0. The van der Waals surface area contributed by atoms with Gasteiger partial charge in [-0.3, -0.25) is 0 Å². The van der Waals surface area contributed by atoms with E-state index in [4.69, 9.17) is 19.4 Å².